The van der Waals surface area contributed by atoms with Crippen molar-refractivity contribution in [2.24, 2.45) is 5.10 Å². The quantitative estimate of drug-likeness (QED) is 0.158. The van der Waals surface area contributed by atoms with Gasteiger partial charge in [0.15, 0.2) is 0 Å². The molecule has 0 aliphatic heterocycles. The highest BCUT2D eigenvalue weighted by Gasteiger charge is 2.35. The molecular formula is C29H25BrClF3N4O3S. The number of hydrazone groups is 1. The Balaban J connectivity index is 1.62. The number of aryl methyl sites for hydroxylation is 2. The highest BCUT2D eigenvalue weighted by atomic mass is 79.9. The zero-order chi connectivity index (χ0) is 30.8. The smallest absolute Gasteiger partial charge is 0.318 e. The Kier molecular flexibility index (Phi) is 9.19. The SMILES string of the molecule is Cc1ccc(S(=O)(=O)N(CC(=O)N/N=C/c2cc(C)n(-c3cccc(Br)c3)c2C)c2ccc(Cl)c(C(F)(F)F)c2)cc1. The molecule has 1 aromatic heterocycles. The minimum Gasteiger partial charge on any atom is -0.318 e. The first-order chi connectivity index (χ1) is 19.7. The maximum atomic E-state index is 13.6. The van der Waals surface area contributed by atoms with Crippen molar-refractivity contribution in [3.63, 3.8) is 0 Å². The van der Waals surface area contributed by atoms with Crippen molar-refractivity contribution < 1.29 is 26.4 Å². The second-order valence-corrected chi connectivity index (χ2v) is 12.6. The molecule has 4 aromatic rings. The highest BCUT2D eigenvalue weighted by molar-refractivity contribution is 9.10. The Morgan fingerprint density at radius 1 is 1.05 bits per heavy atom. The lowest BCUT2D eigenvalue weighted by Gasteiger charge is -2.25. The van der Waals surface area contributed by atoms with Crippen molar-refractivity contribution in [3.05, 3.63) is 110 Å². The van der Waals surface area contributed by atoms with Crippen LogP contribution < -0.4 is 9.73 Å². The van der Waals surface area contributed by atoms with Gasteiger partial charge in [0.2, 0.25) is 0 Å². The molecule has 0 spiro atoms. The average Bonchev–Trinajstić information content (AvgIpc) is 3.19. The van der Waals surface area contributed by atoms with Crippen LogP contribution in [0, 0.1) is 20.8 Å². The summed E-state index contributed by atoms with van der Waals surface area (Å²) in [6.45, 7) is 4.71. The summed E-state index contributed by atoms with van der Waals surface area (Å²) in [5.41, 5.74) is 4.81. The van der Waals surface area contributed by atoms with Gasteiger partial charge in [-0.3, -0.25) is 9.10 Å². The molecule has 3 aromatic carbocycles. The van der Waals surface area contributed by atoms with Crippen LogP contribution in [0.3, 0.4) is 0 Å². The summed E-state index contributed by atoms with van der Waals surface area (Å²) in [6, 6.07) is 17.9. The zero-order valence-corrected chi connectivity index (χ0v) is 25.7. The lowest BCUT2D eigenvalue weighted by molar-refractivity contribution is -0.137. The van der Waals surface area contributed by atoms with Crippen molar-refractivity contribution in [1.29, 1.82) is 0 Å². The number of alkyl halides is 3. The summed E-state index contributed by atoms with van der Waals surface area (Å²) < 4.78 is 71.3. The molecule has 7 nitrogen and oxygen atoms in total. The fourth-order valence-corrected chi connectivity index (χ4v) is 6.33. The van der Waals surface area contributed by atoms with Crippen molar-refractivity contribution in [1.82, 2.24) is 9.99 Å². The number of rotatable bonds is 8. The monoisotopic (exact) mass is 680 g/mol. The number of benzene rings is 3. The van der Waals surface area contributed by atoms with Crippen LogP contribution in [0.4, 0.5) is 18.9 Å². The predicted molar refractivity (Wildman–Crippen MR) is 161 cm³/mol. The summed E-state index contributed by atoms with van der Waals surface area (Å²) in [4.78, 5) is 12.7. The fourth-order valence-electron chi connectivity index (χ4n) is 4.31. The van der Waals surface area contributed by atoms with Crippen LogP contribution in [0.5, 0.6) is 0 Å². The van der Waals surface area contributed by atoms with Crippen LogP contribution in [0.2, 0.25) is 5.02 Å². The van der Waals surface area contributed by atoms with E-state index in [2.05, 4.69) is 26.5 Å². The first-order valence-corrected chi connectivity index (χ1v) is 15.0. The van der Waals surface area contributed by atoms with Gasteiger partial charge >= 0.3 is 6.18 Å². The van der Waals surface area contributed by atoms with Gasteiger partial charge in [0, 0.05) is 27.1 Å². The standard InChI is InChI=1S/C29H25BrClF3N4O3S/c1-18-7-10-25(11-8-18)42(40,41)37(23-9-12-27(31)26(15-23)29(32,33)34)17-28(39)36-35-16-21-13-19(2)38(20(21)3)24-6-4-5-22(30)14-24/h4-16H,17H2,1-3H3,(H,36,39)/b35-16+. The molecule has 0 bridgehead atoms. The molecule has 1 amide bonds. The zero-order valence-electron chi connectivity index (χ0n) is 22.6. The first-order valence-electron chi connectivity index (χ1n) is 12.4. The summed E-state index contributed by atoms with van der Waals surface area (Å²) >= 11 is 9.21. The van der Waals surface area contributed by atoms with E-state index in [4.69, 9.17) is 11.6 Å². The third-order valence-corrected chi connectivity index (χ3v) is 8.98. The number of amides is 1. The third-order valence-electron chi connectivity index (χ3n) is 6.37. The van der Waals surface area contributed by atoms with E-state index in [0.717, 1.165) is 39.2 Å². The predicted octanol–water partition coefficient (Wildman–Crippen LogP) is 7.18. The summed E-state index contributed by atoms with van der Waals surface area (Å²) in [5, 5.41) is 3.38. The molecule has 0 radical (unpaired) electrons. The molecule has 220 valence electrons. The van der Waals surface area contributed by atoms with E-state index in [1.165, 1.54) is 18.3 Å². The molecule has 1 heterocycles. The summed E-state index contributed by atoms with van der Waals surface area (Å²) in [7, 11) is -4.46. The van der Waals surface area contributed by atoms with Gasteiger partial charge in [-0.2, -0.15) is 18.3 Å². The molecule has 0 aliphatic rings. The van der Waals surface area contributed by atoms with Crippen molar-refractivity contribution >= 4 is 55.4 Å². The lowest BCUT2D eigenvalue weighted by Crippen LogP contribution is -2.39. The van der Waals surface area contributed by atoms with Crippen molar-refractivity contribution in [3.8, 4) is 5.69 Å². The third kappa shape index (κ3) is 6.88. The molecule has 1 N–H and O–H groups in total. The number of anilines is 1. The number of nitrogens with zero attached hydrogens (tertiary/aromatic N) is 3. The fraction of sp³-hybridized carbons (Fsp3) is 0.172. The van der Waals surface area contributed by atoms with E-state index in [-0.39, 0.29) is 10.6 Å². The normalized spacial score (nSPS) is 12.1. The van der Waals surface area contributed by atoms with Gasteiger partial charge in [-0.25, -0.2) is 13.8 Å². The van der Waals surface area contributed by atoms with Crippen molar-refractivity contribution in [2.45, 2.75) is 31.8 Å². The number of halogens is 5. The molecular weight excluding hydrogens is 657 g/mol. The van der Waals surface area contributed by atoms with Crippen LogP contribution in [0.25, 0.3) is 5.69 Å². The molecule has 0 saturated heterocycles. The van der Waals surface area contributed by atoms with Gasteiger partial charge < -0.3 is 4.57 Å². The van der Waals surface area contributed by atoms with Gasteiger partial charge in [0.1, 0.15) is 6.54 Å². The summed E-state index contributed by atoms with van der Waals surface area (Å²) in [6.07, 6.45) is -3.43. The number of aromatic nitrogens is 1. The maximum Gasteiger partial charge on any atom is 0.417 e. The van der Waals surface area contributed by atoms with E-state index < -0.39 is 39.2 Å². The molecule has 0 unspecified atom stereocenters. The number of carbonyl (C=O) groups excluding carboxylic acids is 1. The van der Waals surface area contributed by atoms with Gasteiger partial charge in [-0.1, -0.05) is 51.3 Å². The Morgan fingerprint density at radius 3 is 2.38 bits per heavy atom. The van der Waals surface area contributed by atoms with Crippen LogP contribution in [-0.2, 0) is 21.0 Å². The van der Waals surface area contributed by atoms with Gasteiger partial charge in [0.25, 0.3) is 15.9 Å². The first kappa shape index (κ1) is 31.3. The molecule has 4 rings (SSSR count). The summed E-state index contributed by atoms with van der Waals surface area (Å²) in [5.74, 6) is -0.869. The molecule has 0 fully saturated rings. The highest BCUT2D eigenvalue weighted by Crippen LogP contribution is 2.38. The minimum atomic E-state index is -4.85. The lowest BCUT2D eigenvalue weighted by atomic mass is 10.2. The number of carbonyl (C=O) groups is 1. The van der Waals surface area contributed by atoms with Gasteiger partial charge in [-0.05, 0) is 75.4 Å². The van der Waals surface area contributed by atoms with Gasteiger partial charge in [-0.15, -0.1) is 0 Å². The van der Waals surface area contributed by atoms with E-state index in [0.29, 0.717) is 15.9 Å². The van der Waals surface area contributed by atoms with Crippen LogP contribution >= 0.6 is 27.5 Å². The largest absolute Gasteiger partial charge is 0.417 e. The van der Waals surface area contributed by atoms with Crippen LogP contribution in [-0.4, -0.2) is 31.7 Å². The van der Waals surface area contributed by atoms with E-state index in [9.17, 15) is 26.4 Å². The Morgan fingerprint density at radius 2 is 1.74 bits per heavy atom. The number of hydrogen-bond donors (Lipinski definition) is 1. The molecule has 0 aliphatic carbocycles. The number of hydrogen-bond acceptors (Lipinski definition) is 4. The topological polar surface area (TPSA) is 83.8 Å². The van der Waals surface area contributed by atoms with Gasteiger partial charge in [0.05, 0.1) is 27.4 Å². The Labute approximate surface area is 254 Å². The number of nitrogens with one attached hydrogen (secondary N) is 1. The van der Waals surface area contributed by atoms with E-state index >= 15 is 0 Å². The van der Waals surface area contributed by atoms with E-state index in [1.807, 2.05) is 48.7 Å². The maximum absolute atomic E-state index is 13.6. The molecule has 42 heavy (non-hydrogen) atoms. The minimum absolute atomic E-state index is 0.201. The second-order valence-electron chi connectivity index (χ2n) is 9.42. The second kappa shape index (κ2) is 12.3. The average molecular weight is 682 g/mol. The van der Waals surface area contributed by atoms with Crippen LogP contribution in [0.15, 0.2) is 87.3 Å². The molecule has 0 saturated carbocycles. The number of sulfonamides is 1. The van der Waals surface area contributed by atoms with E-state index in [1.54, 1.807) is 19.1 Å². The molecule has 13 heteroatoms. The van der Waals surface area contributed by atoms with Crippen LogP contribution in [0.1, 0.15) is 28.1 Å². The van der Waals surface area contributed by atoms with Crippen molar-refractivity contribution in [2.75, 3.05) is 10.8 Å². The molecule has 0 atom stereocenters. The Bertz CT molecular complexity index is 1770. The Hall–Kier alpha value is -3.61.